The van der Waals surface area contributed by atoms with Gasteiger partial charge in [-0.05, 0) is 66.2 Å². The quantitative estimate of drug-likeness (QED) is 0.416. The number of carbonyl (C=O) groups excluding carboxylic acids is 1. The monoisotopic (exact) mass is 398 g/mol. The van der Waals surface area contributed by atoms with Crippen LogP contribution >= 0.6 is 11.6 Å². The Bertz CT molecular complexity index is 595. The lowest BCUT2D eigenvalue weighted by molar-refractivity contribution is -0.213. The highest BCUT2D eigenvalue weighted by Gasteiger charge is 2.49. The Labute approximate surface area is 168 Å². The molecule has 2 bridgehead atoms. The lowest BCUT2D eigenvalue weighted by atomic mass is 9.74. The molecule has 27 heavy (non-hydrogen) atoms. The number of carbonyl (C=O) groups is 1. The van der Waals surface area contributed by atoms with Crippen molar-refractivity contribution in [3.05, 3.63) is 23.3 Å². The fourth-order valence-corrected chi connectivity index (χ4v) is 4.47. The number of esters is 1. The summed E-state index contributed by atoms with van der Waals surface area (Å²) in [4.78, 5) is 11.7. The second-order valence-corrected chi connectivity index (χ2v) is 9.04. The second-order valence-electron chi connectivity index (χ2n) is 8.77. The van der Waals surface area contributed by atoms with Gasteiger partial charge in [-0.3, -0.25) is 4.79 Å². The van der Waals surface area contributed by atoms with Crippen LogP contribution in [0.2, 0.25) is 0 Å². The zero-order valence-corrected chi connectivity index (χ0v) is 18.1. The maximum Gasteiger partial charge on any atom is 0.303 e. The van der Waals surface area contributed by atoms with Crippen LogP contribution in [0.1, 0.15) is 73.1 Å². The van der Waals surface area contributed by atoms with Crippen molar-refractivity contribution >= 4 is 17.6 Å². The fourth-order valence-electron chi connectivity index (χ4n) is 4.27. The van der Waals surface area contributed by atoms with Gasteiger partial charge in [0.05, 0.1) is 17.6 Å². The maximum absolute atomic E-state index is 11.7. The minimum atomic E-state index is -1.01. The highest BCUT2D eigenvalue weighted by Crippen LogP contribution is 2.43. The van der Waals surface area contributed by atoms with E-state index in [1.54, 1.807) is 6.92 Å². The van der Waals surface area contributed by atoms with Gasteiger partial charge in [0.15, 0.2) is 0 Å². The third-order valence-corrected chi connectivity index (χ3v) is 6.63. The first kappa shape index (κ1) is 22.4. The lowest BCUT2D eigenvalue weighted by Gasteiger charge is -2.49. The van der Waals surface area contributed by atoms with Crippen LogP contribution in [0, 0.1) is 5.92 Å². The van der Waals surface area contributed by atoms with Crippen LogP contribution in [0.25, 0.3) is 0 Å². The SMILES string of the molecule is CC(=O)OC1CCC(C)=CCCC(C)=CC2OC1(C)CCC2C(C)(O)CCl. The smallest absolute Gasteiger partial charge is 0.303 e. The second kappa shape index (κ2) is 9.11. The summed E-state index contributed by atoms with van der Waals surface area (Å²) >= 11 is 6.06. The number of hydrogen-bond donors (Lipinski definition) is 1. The van der Waals surface area contributed by atoms with Gasteiger partial charge in [-0.1, -0.05) is 23.3 Å². The number of ether oxygens (including phenoxy) is 2. The van der Waals surface area contributed by atoms with Gasteiger partial charge in [-0.25, -0.2) is 0 Å². The molecule has 1 fully saturated rings. The van der Waals surface area contributed by atoms with Crippen molar-refractivity contribution in [2.45, 2.75) is 96.6 Å². The third kappa shape index (κ3) is 5.82. The Kier molecular flexibility index (Phi) is 7.57. The third-order valence-electron chi connectivity index (χ3n) is 6.09. The van der Waals surface area contributed by atoms with Crippen molar-refractivity contribution in [1.29, 1.82) is 0 Å². The van der Waals surface area contributed by atoms with E-state index in [4.69, 9.17) is 21.1 Å². The molecule has 0 aromatic carbocycles. The van der Waals surface area contributed by atoms with E-state index >= 15 is 0 Å². The zero-order valence-electron chi connectivity index (χ0n) is 17.4. The number of rotatable bonds is 3. The molecule has 1 N–H and O–H groups in total. The van der Waals surface area contributed by atoms with Gasteiger partial charge in [0.1, 0.15) is 11.7 Å². The highest BCUT2D eigenvalue weighted by molar-refractivity contribution is 6.18. The minimum absolute atomic E-state index is 0.0868. The van der Waals surface area contributed by atoms with Crippen molar-refractivity contribution in [3.8, 4) is 0 Å². The van der Waals surface area contributed by atoms with Gasteiger partial charge in [0, 0.05) is 12.8 Å². The molecule has 5 unspecified atom stereocenters. The summed E-state index contributed by atoms with van der Waals surface area (Å²) < 4.78 is 12.3. The molecule has 0 aromatic rings. The Morgan fingerprint density at radius 3 is 2.70 bits per heavy atom. The van der Waals surface area contributed by atoms with E-state index in [1.807, 2.05) is 6.92 Å². The predicted molar refractivity (Wildman–Crippen MR) is 109 cm³/mol. The van der Waals surface area contributed by atoms with E-state index < -0.39 is 11.2 Å². The van der Waals surface area contributed by atoms with Crippen molar-refractivity contribution in [3.63, 3.8) is 0 Å². The molecule has 0 aliphatic carbocycles. The number of alkyl halides is 1. The zero-order chi connectivity index (χ0) is 20.2. The number of halogens is 1. The molecule has 2 aliphatic rings. The molecule has 2 heterocycles. The Balaban J connectivity index is 2.40. The number of fused-ring (bicyclic) bond motifs is 2. The van der Waals surface area contributed by atoms with Crippen LogP contribution in [0.3, 0.4) is 0 Å². The molecule has 0 amide bonds. The molecule has 5 atom stereocenters. The van der Waals surface area contributed by atoms with Crippen molar-refractivity contribution in [1.82, 2.24) is 0 Å². The maximum atomic E-state index is 11.7. The Morgan fingerprint density at radius 2 is 2.07 bits per heavy atom. The molecule has 0 aromatic heterocycles. The number of allylic oxidation sites excluding steroid dienone is 3. The van der Waals surface area contributed by atoms with Gasteiger partial charge >= 0.3 is 5.97 Å². The van der Waals surface area contributed by atoms with Crippen LogP contribution in [-0.4, -0.2) is 40.4 Å². The largest absolute Gasteiger partial charge is 0.459 e. The Hall–Kier alpha value is -0.840. The molecule has 4 nitrogen and oxygen atoms in total. The molecular weight excluding hydrogens is 364 g/mol. The van der Waals surface area contributed by atoms with Crippen molar-refractivity contribution < 1.29 is 19.4 Å². The first-order chi connectivity index (χ1) is 12.6. The molecule has 154 valence electrons. The Morgan fingerprint density at radius 1 is 1.37 bits per heavy atom. The van der Waals surface area contributed by atoms with E-state index in [1.165, 1.54) is 18.1 Å². The summed E-state index contributed by atoms with van der Waals surface area (Å²) in [6.45, 7) is 9.52. The summed E-state index contributed by atoms with van der Waals surface area (Å²) in [5.74, 6) is -0.205. The standard InChI is InChI=1S/C22H35ClO4/c1-15-7-6-8-16(2)13-19-18(21(4,25)14-23)11-12-22(5,27-19)20(10-9-15)26-17(3)24/h7,13,18-20,25H,6,8-12,14H2,1-5H3. The van der Waals surface area contributed by atoms with Gasteiger partial charge in [-0.15, -0.1) is 11.6 Å². The number of aliphatic hydroxyl groups is 1. The van der Waals surface area contributed by atoms with Crippen molar-refractivity contribution in [2.24, 2.45) is 5.92 Å². The summed E-state index contributed by atoms with van der Waals surface area (Å²) in [5.41, 5.74) is 0.980. The molecule has 2 aliphatic heterocycles. The molecule has 0 saturated carbocycles. The molecule has 0 radical (unpaired) electrons. The van der Waals surface area contributed by atoms with Gasteiger partial charge in [0.25, 0.3) is 0 Å². The molecular formula is C22H35ClO4. The van der Waals surface area contributed by atoms with E-state index in [0.29, 0.717) is 0 Å². The fraction of sp³-hybridized carbons (Fsp3) is 0.773. The van der Waals surface area contributed by atoms with E-state index in [0.717, 1.165) is 38.5 Å². The summed E-state index contributed by atoms with van der Waals surface area (Å²) in [6, 6.07) is 0. The van der Waals surface area contributed by atoms with Crippen LogP contribution in [0.4, 0.5) is 0 Å². The van der Waals surface area contributed by atoms with Gasteiger partial charge in [-0.2, -0.15) is 0 Å². The summed E-state index contributed by atoms with van der Waals surface area (Å²) in [5, 5.41) is 10.8. The highest BCUT2D eigenvalue weighted by atomic mass is 35.5. The normalized spacial score (nSPS) is 35.0. The summed E-state index contributed by atoms with van der Waals surface area (Å²) in [6.07, 6.45) is 8.91. The lowest BCUT2D eigenvalue weighted by Crippen LogP contribution is -2.56. The van der Waals surface area contributed by atoms with Gasteiger partial charge in [0.2, 0.25) is 0 Å². The van der Waals surface area contributed by atoms with Crippen LogP contribution in [0.5, 0.6) is 0 Å². The van der Waals surface area contributed by atoms with Crippen LogP contribution in [-0.2, 0) is 14.3 Å². The summed E-state index contributed by atoms with van der Waals surface area (Å²) in [7, 11) is 0. The van der Waals surface area contributed by atoms with Gasteiger partial charge < -0.3 is 14.6 Å². The van der Waals surface area contributed by atoms with Crippen LogP contribution in [0.15, 0.2) is 23.3 Å². The molecule has 2 rings (SSSR count). The minimum Gasteiger partial charge on any atom is -0.459 e. The van der Waals surface area contributed by atoms with E-state index in [2.05, 4.69) is 26.0 Å². The predicted octanol–water partition coefficient (Wildman–Crippen LogP) is 4.93. The first-order valence-electron chi connectivity index (χ1n) is 10.0. The average Bonchev–Trinajstić information content (AvgIpc) is 2.57. The molecule has 0 spiro atoms. The first-order valence-corrected chi connectivity index (χ1v) is 10.6. The van der Waals surface area contributed by atoms with Crippen LogP contribution < -0.4 is 0 Å². The van der Waals surface area contributed by atoms with E-state index in [-0.39, 0.29) is 30.0 Å². The van der Waals surface area contributed by atoms with Crippen molar-refractivity contribution in [2.75, 3.05) is 5.88 Å². The number of hydrogen-bond acceptors (Lipinski definition) is 4. The molecule has 1 saturated heterocycles. The molecule has 5 heteroatoms. The average molecular weight is 399 g/mol. The van der Waals surface area contributed by atoms with E-state index in [9.17, 15) is 9.90 Å². The topological polar surface area (TPSA) is 55.8 Å².